The van der Waals surface area contributed by atoms with Gasteiger partial charge in [0.25, 0.3) is 0 Å². The summed E-state index contributed by atoms with van der Waals surface area (Å²) in [6.45, 7) is 2.44. The first kappa shape index (κ1) is 27.1. The van der Waals surface area contributed by atoms with E-state index in [1.807, 2.05) is 37.3 Å². The van der Waals surface area contributed by atoms with Gasteiger partial charge in [-0.05, 0) is 24.8 Å². The van der Waals surface area contributed by atoms with Gasteiger partial charge in [0.05, 0.1) is 18.4 Å². The highest BCUT2D eigenvalue weighted by atomic mass is 16.2. The molecule has 10 nitrogen and oxygen atoms in total. The summed E-state index contributed by atoms with van der Waals surface area (Å²) in [6.07, 6.45) is 7.81. The molecule has 4 atom stereocenters. The summed E-state index contributed by atoms with van der Waals surface area (Å²) in [5, 5.41) is 5.61. The minimum Gasteiger partial charge on any atom is -0.348 e. The fourth-order valence-electron chi connectivity index (χ4n) is 4.45. The molecule has 0 bridgehead atoms. The highest BCUT2D eigenvalue weighted by molar-refractivity contribution is 5.94. The van der Waals surface area contributed by atoms with Gasteiger partial charge in [0.15, 0.2) is 0 Å². The van der Waals surface area contributed by atoms with Crippen LogP contribution in [0.5, 0.6) is 0 Å². The number of hydrogen-bond acceptors (Lipinski definition) is 6. The number of benzene rings is 1. The lowest BCUT2D eigenvalue weighted by atomic mass is 10.0. The summed E-state index contributed by atoms with van der Waals surface area (Å²) < 4.78 is 0. The molecule has 5 N–H and O–H groups in total. The number of carbonyl (C=O) groups is 4. The Balaban J connectivity index is 1.69. The molecule has 1 aliphatic heterocycles. The van der Waals surface area contributed by atoms with Crippen LogP contribution in [0.4, 0.5) is 0 Å². The van der Waals surface area contributed by atoms with Gasteiger partial charge < -0.3 is 31.0 Å². The maximum atomic E-state index is 13.3. The van der Waals surface area contributed by atoms with Crippen LogP contribution < -0.4 is 16.4 Å². The first-order valence-electron chi connectivity index (χ1n) is 12.6. The molecule has 2 aromatic rings. The maximum Gasteiger partial charge on any atom is 0.243 e. The average molecular weight is 497 g/mol. The Labute approximate surface area is 211 Å². The number of imidazole rings is 1. The van der Waals surface area contributed by atoms with E-state index >= 15 is 0 Å². The van der Waals surface area contributed by atoms with E-state index in [0.29, 0.717) is 25.8 Å². The first-order chi connectivity index (χ1) is 17.4. The molecule has 1 aromatic heterocycles. The minimum absolute atomic E-state index is 0.262. The molecule has 36 heavy (non-hydrogen) atoms. The average Bonchev–Trinajstić information content (AvgIpc) is 3.58. The number of amides is 3. The number of nitrogens with zero attached hydrogens (tertiary/aromatic N) is 2. The molecule has 0 unspecified atom stereocenters. The van der Waals surface area contributed by atoms with Gasteiger partial charge in [-0.25, -0.2) is 4.98 Å². The molecule has 0 aliphatic carbocycles. The summed E-state index contributed by atoms with van der Waals surface area (Å²) in [7, 11) is 0. The number of nitrogens with two attached hydrogens (primary N) is 1. The molecule has 0 radical (unpaired) electrons. The van der Waals surface area contributed by atoms with Crippen molar-refractivity contribution in [1.82, 2.24) is 25.5 Å². The van der Waals surface area contributed by atoms with Gasteiger partial charge in [0.2, 0.25) is 17.7 Å². The van der Waals surface area contributed by atoms with Crippen molar-refractivity contribution in [2.75, 3.05) is 6.54 Å². The van der Waals surface area contributed by atoms with Crippen molar-refractivity contribution in [3.8, 4) is 0 Å². The molecule has 0 saturated carbocycles. The zero-order valence-electron chi connectivity index (χ0n) is 20.7. The van der Waals surface area contributed by atoms with Crippen molar-refractivity contribution in [1.29, 1.82) is 0 Å². The van der Waals surface area contributed by atoms with Crippen molar-refractivity contribution in [2.24, 2.45) is 5.73 Å². The van der Waals surface area contributed by atoms with E-state index in [0.717, 1.165) is 30.4 Å². The number of likely N-dealkylation sites (tertiary alicyclic amines) is 1. The van der Waals surface area contributed by atoms with E-state index in [4.69, 9.17) is 5.73 Å². The quantitative estimate of drug-likeness (QED) is 0.302. The molecule has 1 fully saturated rings. The van der Waals surface area contributed by atoms with Gasteiger partial charge in [0.1, 0.15) is 18.4 Å². The van der Waals surface area contributed by atoms with E-state index in [1.165, 1.54) is 11.2 Å². The Morgan fingerprint density at radius 3 is 2.67 bits per heavy atom. The van der Waals surface area contributed by atoms with Crippen molar-refractivity contribution < 1.29 is 19.2 Å². The van der Waals surface area contributed by atoms with E-state index in [2.05, 4.69) is 20.6 Å². The van der Waals surface area contributed by atoms with E-state index in [-0.39, 0.29) is 18.7 Å². The molecule has 1 aliphatic rings. The highest BCUT2D eigenvalue weighted by Gasteiger charge is 2.37. The number of aromatic amines is 1. The summed E-state index contributed by atoms with van der Waals surface area (Å²) in [6, 6.07) is 6.32. The largest absolute Gasteiger partial charge is 0.348 e. The van der Waals surface area contributed by atoms with Crippen LogP contribution >= 0.6 is 0 Å². The Morgan fingerprint density at radius 1 is 1.22 bits per heavy atom. The third kappa shape index (κ3) is 7.48. The maximum absolute atomic E-state index is 13.3. The van der Waals surface area contributed by atoms with Crippen LogP contribution in [0.15, 0.2) is 42.9 Å². The minimum atomic E-state index is -0.889. The second kappa shape index (κ2) is 13.5. The lowest BCUT2D eigenvalue weighted by Gasteiger charge is -2.28. The third-order valence-electron chi connectivity index (χ3n) is 6.43. The Kier molecular flexibility index (Phi) is 10.2. The van der Waals surface area contributed by atoms with Crippen molar-refractivity contribution >= 4 is 24.0 Å². The molecule has 1 aromatic carbocycles. The van der Waals surface area contributed by atoms with E-state index in [1.54, 1.807) is 6.20 Å². The smallest absolute Gasteiger partial charge is 0.243 e. The van der Waals surface area contributed by atoms with Crippen molar-refractivity contribution in [3.63, 3.8) is 0 Å². The lowest BCUT2D eigenvalue weighted by Crippen LogP contribution is -2.56. The molecule has 10 heteroatoms. The van der Waals surface area contributed by atoms with Crippen LogP contribution in [0, 0.1) is 0 Å². The molecule has 3 amide bonds. The number of carbonyl (C=O) groups excluding carboxylic acids is 4. The molecule has 3 rings (SSSR count). The van der Waals surface area contributed by atoms with Crippen LogP contribution in [0.2, 0.25) is 0 Å². The number of aldehydes is 1. The monoisotopic (exact) mass is 496 g/mol. The SMILES string of the molecule is CCCC[C@@H](C=O)NC(=O)[C@H](Cc1ccccc1)NC(=O)[C@@H]1CCCN1C(=O)[C@@H](N)Cc1cnc[nH]1. The second-order valence-corrected chi connectivity index (χ2v) is 9.22. The van der Waals surface area contributed by atoms with Crippen LogP contribution in [-0.4, -0.2) is 69.6 Å². The van der Waals surface area contributed by atoms with Gasteiger partial charge in [-0.1, -0.05) is 50.1 Å². The summed E-state index contributed by atoms with van der Waals surface area (Å²) in [5.74, 6) is -1.14. The summed E-state index contributed by atoms with van der Waals surface area (Å²) in [4.78, 5) is 59.4. The van der Waals surface area contributed by atoms with Crippen molar-refractivity contribution in [3.05, 3.63) is 54.1 Å². The number of unbranched alkanes of at least 4 members (excludes halogenated alkanes) is 1. The van der Waals surface area contributed by atoms with Crippen molar-refractivity contribution in [2.45, 2.75) is 76.0 Å². The number of aromatic nitrogens is 2. The fraction of sp³-hybridized carbons (Fsp3) is 0.500. The third-order valence-corrected chi connectivity index (χ3v) is 6.43. The number of nitrogens with one attached hydrogen (secondary N) is 3. The topological polar surface area (TPSA) is 150 Å². The first-order valence-corrected chi connectivity index (χ1v) is 12.6. The van der Waals surface area contributed by atoms with Gasteiger partial charge in [0, 0.05) is 31.3 Å². The zero-order chi connectivity index (χ0) is 25.9. The molecular weight excluding hydrogens is 460 g/mol. The van der Waals surface area contributed by atoms with Crippen LogP contribution in [-0.2, 0) is 32.0 Å². The normalized spacial score (nSPS) is 17.7. The predicted molar refractivity (Wildman–Crippen MR) is 135 cm³/mol. The van der Waals surface area contributed by atoms with Gasteiger partial charge in [-0.3, -0.25) is 14.4 Å². The summed E-state index contributed by atoms with van der Waals surface area (Å²) in [5.41, 5.74) is 7.75. The molecule has 194 valence electrons. The zero-order valence-corrected chi connectivity index (χ0v) is 20.7. The Morgan fingerprint density at radius 2 is 2.00 bits per heavy atom. The number of hydrogen-bond donors (Lipinski definition) is 4. The van der Waals surface area contributed by atoms with Crippen LogP contribution in [0.25, 0.3) is 0 Å². The molecule has 2 heterocycles. The Hall–Kier alpha value is -3.53. The fourth-order valence-corrected chi connectivity index (χ4v) is 4.45. The van der Waals surface area contributed by atoms with Gasteiger partial charge in [-0.15, -0.1) is 0 Å². The predicted octanol–water partition coefficient (Wildman–Crippen LogP) is 0.872. The molecular formula is C26H36N6O4. The molecule has 0 spiro atoms. The van der Waals surface area contributed by atoms with E-state index in [9.17, 15) is 19.2 Å². The van der Waals surface area contributed by atoms with Crippen LogP contribution in [0.1, 0.15) is 50.3 Å². The molecule has 1 saturated heterocycles. The second-order valence-electron chi connectivity index (χ2n) is 9.22. The standard InChI is InChI=1S/C26H36N6O4/c1-2-3-10-19(16-33)30-24(34)22(13-18-8-5-4-6-9-18)31-25(35)23-11-7-12-32(23)26(36)21(27)14-20-15-28-17-29-20/h4-6,8-9,15-17,19,21-23H,2-3,7,10-14,27H2,1H3,(H,28,29)(H,30,34)(H,31,35)/t19-,21-,22-,23-/m0/s1. The number of H-pyrrole nitrogens is 1. The Bertz CT molecular complexity index is 997. The lowest BCUT2D eigenvalue weighted by molar-refractivity contribution is -0.140. The van der Waals surface area contributed by atoms with Gasteiger partial charge >= 0.3 is 0 Å². The van der Waals surface area contributed by atoms with E-state index < -0.39 is 36.0 Å². The summed E-state index contributed by atoms with van der Waals surface area (Å²) >= 11 is 0. The van der Waals surface area contributed by atoms with Crippen LogP contribution in [0.3, 0.4) is 0 Å². The van der Waals surface area contributed by atoms with Gasteiger partial charge in [-0.2, -0.15) is 0 Å². The highest BCUT2D eigenvalue weighted by Crippen LogP contribution is 2.19. The number of rotatable bonds is 13.